The summed E-state index contributed by atoms with van der Waals surface area (Å²) in [5.41, 5.74) is 0.500. The third-order valence-corrected chi connectivity index (χ3v) is 4.40. The highest BCUT2D eigenvalue weighted by atomic mass is 19.3. The van der Waals surface area contributed by atoms with Gasteiger partial charge in [-0.3, -0.25) is 14.2 Å². The number of fused-ring (bicyclic) bond motifs is 2. The fraction of sp³-hybridized carbons (Fsp3) is 0.211. The predicted octanol–water partition coefficient (Wildman–Crippen LogP) is 2.84. The first kappa shape index (κ1) is 18.7. The smallest absolute Gasteiger partial charge is 0.328 e. The molecule has 0 saturated carbocycles. The van der Waals surface area contributed by atoms with E-state index in [1.54, 1.807) is 42.5 Å². The molecule has 0 fully saturated rings. The molecule has 0 spiro atoms. The molecule has 0 amide bonds. The molecule has 8 nitrogen and oxygen atoms in total. The number of rotatable bonds is 5. The summed E-state index contributed by atoms with van der Waals surface area (Å²) in [5.74, 6) is -0.913. The molecule has 0 saturated heterocycles. The minimum Gasteiger partial charge on any atom is -0.453 e. The lowest BCUT2D eigenvalue weighted by atomic mass is 10.2. The summed E-state index contributed by atoms with van der Waals surface area (Å²) in [5, 5.41) is 7.92. The summed E-state index contributed by atoms with van der Waals surface area (Å²) in [6, 6.07) is 13.0. The number of carbonyl (C=O) groups excluding carboxylic acids is 1. The Morgan fingerprint density at radius 1 is 1.10 bits per heavy atom. The van der Waals surface area contributed by atoms with E-state index in [-0.39, 0.29) is 11.3 Å². The summed E-state index contributed by atoms with van der Waals surface area (Å²) in [7, 11) is 0. The maximum atomic E-state index is 13.6. The largest absolute Gasteiger partial charge is 0.453 e. The van der Waals surface area contributed by atoms with Crippen molar-refractivity contribution in [3.8, 4) is 0 Å². The van der Waals surface area contributed by atoms with Crippen LogP contribution in [0.4, 0.5) is 8.78 Å². The van der Waals surface area contributed by atoms with Crippen LogP contribution in [0.15, 0.2) is 53.3 Å². The number of halogens is 2. The van der Waals surface area contributed by atoms with Gasteiger partial charge in [0.2, 0.25) is 0 Å². The van der Waals surface area contributed by atoms with E-state index in [1.807, 2.05) is 0 Å². The SMILES string of the molecule is CC(OC(=O)Cn1nnc2ccccc2c1=O)c1nc2ccccc2n1C(F)F. The molecular weight excluding hydrogens is 384 g/mol. The Bertz CT molecular complexity index is 1270. The van der Waals surface area contributed by atoms with Crippen molar-refractivity contribution in [3.05, 3.63) is 64.7 Å². The van der Waals surface area contributed by atoms with Gasteiger partial charge in [0.15, 0.2) is 11.9 Å². The number of ether oxygens (including phenoxy) is 1. The van der Waals surface area contributed by atoms with Gasteiger partial charge >= 0.3 is 12.5 Å². The highest BCUT2D eigenvalue weighted by Crippen LogP contribution is 2.28. The van der Waals surface area contributed by atoms with Crippen molar-refractivity contribution in [1.82, 2.24) is 24.5 Å². The first-order chi connectivity index (χ1) is 14.0. The summed E-state index contributed by atoms with van der Waals surface area (Å²) in [6.07, 6.45) is -1.06. The van der Waals surface area contributed by atoms with Crippen LogP contribution in [0, 0.1) is 0 Å². The van der Waals surface area contributed by atoms with E-state index in [2.05, 4.69) is 15.3 Å². The van der Waals surface area contributed by atoms with Crippen molar-refractivity contribution >= 4 is 27.9 Å². The minimum absolute atomic E-state index is 0.0912. The fourth-order valence-corrected chi connectivity index (χ4v) is 3.09. The average molecular weight is 399 g/mol. The number of esters is 1. The molecule has 0 radical (unpaired) electrons. The second-order valence-electron chi connectivity index (χ2n) is 6.31. The molecule has 4 rings (SSSR count). The normalized spacial score (nSPS) is 12.6. The Hall–Kier alpha value is -3.69. The van der Waals surface area contributed by atoms with Gasteiger partial charge in [-0.25, -0.2) is 4.98 Å². The molecule has 0 N–H and O–H groups in total. The van der Waals surface area contributed by atoms with Crippen LogP contribution < -0.4 is 5.56 Å². The highest BCUT2D eigenvalue weighted by molar-refractivity contribution is 5.77. The number of carbonyl (C=O) groups is 1. The number of aromatic nitrogens is 5. The molecule has 1 unspecified atom stereocenters. The molecule has 2 aromatic carbocycles. The van der Waals surface area contributed by atoms with E-state index in [9.17, 15) is 18.4 Å². The molecule has 0 aliphatic carbocycles. The van der Waals surface area contributed by atoms with Gasteiger partial charge in [-0.15, -0.1) is 5.10 Å². The van der Waals surface area contributed by atoms with Gasteiger partial charge in [0.1, 0.15) is 12.1 Å². The van der Waals surface area contributed by atoms with E-state index in [4.69, 9.17) is 4.74 Å². The molecule has 4 aromatic rings. The Labute approximate surface area is 162 Å². The third-order valence-electron chi connectivity index (χ3n) is 4.40. The van der Waals surface area contributed by atoms with E-state index in [1.165, 1.54) is 13.0 Å². The van der Waals surface area contributed by atoms with Gasteiger partial charge in [0, 0.05) is 0 Å². The molecule has 0 aliphatic rings. The topological polar surface area (TPSA) is 91.9 Å². The van der Waals surface area contributed by atoms with Gasteiger partial charge < -0.3 is 4.74 Å². The number of alkyl halides is 2. The number of para-hydroxylation sites is 2. The lowest BCUT2D eigenvalue weighted by Crippen LogP contribution is -2.29. The molecule has 1 atom stereocenters. The monoisotopic (exact) mass is 399 g/mol. The minimum atomic E-state index is -2.85. The van der Waals surface area contributed by atoms with Crippen LogP contribution in [0.25, 0.3) is 21.9 Å². The van der Waals surface area contributed by atoms with Crippen LogP contribution in [0.3, 0.4) is 0 Å². The Morgan fingerprint density at radius 3 is 2.55 bits per heavy atom. The first-order valence-electron chi connectivity index (χ1n) is 8.72. The summed E-state index contributed by atoms with van der Waals surface area (Å²) in [4.78, 5) is 28.9. The van der Waals surface area contributed by atoms with Crippen LogP contribution >= 0.6 is 0 Å². The van der Waals surface area contributed by atoms with Crippen LogP contribution in [0.5, 0.6) is 0 Å². The number of hydrogen-bond acceptors (Lipinski definition) is 6. The Kier molecular flexibility index (Phi) is 4.75. The maximum Gasteiger partial charge on any atom is 0.328 e. The molecule has 2 aromatic heterocycles. The van der Waals surface area contributed by atoms with Gasteiger partial charge in [-0.05, 0) is 31.2 Å². The van der Waals surface area contributed by atoms with Crippen molar-refractivity contribution in [2.24, 2.45) is 0 Å². The molecule has 148 valence electrons. The van der Waals surface area contributed by atoms with Crippen LogP contribution in [-0.2, 0) is 16.1 Å². The van der Waals surface area contributed by atoms with Crippen LogP contribution in [-0.4, -0.2) is 30.5 Å². The Balaban J connectivity index is 1.58. The van der Waals surface area contributed by atoms with Gasteiger partial charge in [-0.2, -0.15) is 13.5 Å². The zero-order valence-electron chi connectivity index (χ0n) is 15.2. The highest BCUT2D eigenvalue weighted by Gasteiger charge is 2.24. The zero-order valence-corrected chi connectivity index (χ0v) is 15.2. The van der Waals surface area contributed by atoms with Crippen molar-refractivity contribution in [3.63, 3.8) is 0 Å². The van der Waals surface area contributed by atoms with E-state index < -0.39 is 30.7 Å². The standard InChI is InChI=1S/C19H15F2N5O3/c1-11(17-22-14-8-4-5-9-15(14)26(17)19(20)21)29-16(27)10-25-18(28)12-6-2-3-7-13(12)23-24-25/h2-9,11,19H,10H2,1H3. The number of nitrogens with zero attached hydrogens (tertiary/aromatic N) is 5. The molecule has 0 bridgehead atoms. The lowest BCUT2D eigenvalue weighted by molar-refractivity contribution is -0.150. The second kappa shape index (κ2) is 7.38. The number of benzene rings is 2. The van der Waals surface area contributed by atoms with Gasteiger partial charge in [0.25, 0.3) is 5.56 Å². The van der Waals surface area contributed by atoms with Crippen molar-refractivity contribution in [1.29, 1.82) is 0 Å². The van der Waals surface area contributed by atoms with Gasteiger partial charge in [-0.1, -0.05) is 29.5 Å². The molecule has 0 aliphatic heterocycles. The number of imidazole rings is 1. The maximum absolute atomic E-state index is 13.6. The number of hydrogen-bond donors (Lipinski definition) is 0. The lowest BCUT2D eigenvalue weighted by Gasteiger charge is -2.15. The van der Waals surface area contributed by atoms with E-state index in [0.29, 0.717) is 16.4 Å². The quantitative estimate of drug-likeness (QED) is 0.479. The second-order valence-corrected chi connectivity index (χ2v) is 6.31. The molecule has 2 heterocycles. The van der Waals surface area contributed by atoms with Crippen molar-refractivity contribution in [2.45, 2.75) is 26.1 Å². The Morgan fingerprint density at radius 2 is 1.79 bits per heavy atom. The first-order valence-corrected chi connectivity index (χ1v) is 8.72. The predicted molar refractivity (Wildman–Crippen MR) is 99.3 cm³/mol. The third kappa shape index (κ3) is 3.44. The van der Waals surface area contributed by atoms with E-state index in [0.717, 1.165) is 9.25 Å². The van der Waals surface area contributed by atoms with Crippen molar-refractivity contribution in [2.75, 3.05) is 0 Å². The molecule has 10 heteroatoms. The molecular formula is C19H15F2N5O3. The molecule has 29 heavy (non-hydrogen) atoms. The van der Waals surface area contributed by atoms with E-state index >= 15 is 0 Å². The van der Waals surface area contributed by atoms with Gasteiger partial charge in [0.05, 0.1) is 16.4 Å². The average Bonchev–Trinajstić information content (AvgIpc) is 3.10. The van der Waals surface area contributed by atoms with Crippen molar-refractivity contribution < 1.29 is 18.3 Å². The summed E-state index contributed by atoms with van der Waals surface area (Å²) in [6.45, 7) is -1.92. The van der Waals surface area contributed by atoms with Crippen LogP contribution in [0.2, 0.25) is 0 Å². The summed E-state index contributed by atoms with van der Waals surface area (Å²) < 4.78 is 33.9. The summed E-state index contributed by atoms with van der Waals surface area (Å²) >= 11 is 0. The zero-order chi connectivity index (χ0) is 20.5. The van der Waals surface area contributed by atoms with Crippen LogP contribution in [0.1, 0.15) is 25.4 Å². The fourth-order valence-electron chi connectivity index (χ4n) is 3.09.